The molecule has 1 atom stereocenters. The zero-order valence-corrected chi connectivity index (χ0v) is 12.2. The minimum atomic E-state index is -0.868. The molecular formula is C13H9F2N5O2S. The number of azo groups is 1. The Morgan fingerprint density at radius 1 is 1.39 bits per heavy atom. The van der Waals surface area contributed by atoms with E-state index < -0.39 is 23.7 Å². The molecule has 0 aromatic heterocycles. The average molecular weight is 337 g/mol. The van der Waals surface area contributed by atoms with Crippen LogP contribution in [0.15, 0.2) is 45.2 Å². The minimum Gasteiger partial charge on any atom is -0.323 e. The second kappa shape index (κ2) is 6.24. The number of thioether (sulfide) groups is 1. The van der Waals surface area contributed by atoms with Gasteiger partial charge in [0.25, 0.3) is 5.91 Å². The van der Waals surface area contributed by atoms with E-state index in [0.717, 1.165) is 23.9 Å². The maximum absolute atomic E-state index is 13.4. The Labute approximate surface area is 133 Å². The van der Waals surface area contributed by atoms with Gasteiger partial charge in [0.1, 0.15) is 11.6 Å². The van der Waals surface area contributed by atoms with Gasteiger partial charge in [0.05, 0.1) is 23.2 Å². The highest BCUT2D eigenvalue weighted by Gasteiger charge is 2.29. The predicted octanol–water partition coefficient (Wildman–Crippen LogP) is 1.80. The van der Waals surface area contributed by atoms with Gasteiger partial charge in [-0.15, -0.1) is 0 Å². The molecule has 7 nitrogen and oxygen atoms in total. The van der Waals surface area contributed by atoms with Crippen molar-refractivity contribution in [3.63, 3.8) is 0 Å². The summed E-state index contributed by atoms with van der Waals surface area (Å²) >= 11 is 0.967. The topological polar surface area (TPSA) is 95.3 Å². The molecule has 23 heavy (non-hydrogen) atoms. The van der Waals surface area contributed by atoms with E-state index in [1.807, 2.05) is 0 Å². The Kier molecular flexibility index (Phi) is 4.15. The van der Waals surface area contributed by atoms with Crippen LogP contribution in [-0.4, -0.2) is 28.9 Å². The van der Waals surface area contributed by atoms with Gasteiger partial charge in [-0.3, -0.25) is 9.59 Å². The van der Waals surface area contributed by atoms with E-state index in [1.165, 1.54) is 6.20 Å². The summed E-state index contributed by atoms with van der Waals surface area (Å²) in [5.74, 6) is -2.61. The SMILES string of the molecule is O=C(CSC1=NC2N=NC=C2C(=O)N1)Nc1ccc(F)cc1F. The quantitative estimate of drug-likeness (QED) is 0.880. The molecule has 0 saturated carbocycles. The van der Waals surface area contributed by atoms with Crippen LogP contribution in [0.4, 0.5) is 14.5 Å². The molecule has 1 aromatic carbocycles. The number of rotatable bonds is 3. The zero-order valence-electron chi connectivity index (χ0n) is 11.4. The molecule has 2 aliphatic heterocycles. The van der Waals surface area contributed by atoms with E-state index in [-0.39, 0.29) is 22.5 Å². The number of carbonyl (C=O) groups is 2. The molecule has 2 N–H and O–H groups in total. The highest BCUT2D eigenvalue weighted by molar-refractivity contribution is 8.14. The normalized spacial score (nSPS) is 18.9. The Bertz CT molecular complexity index is 778. The van der Waals surface area contributed by atoms with Crippen LogP contribution in [0.1, 0.15) is 0 Å². The summed E-state index contributed by atoms with van der Waals surface area (Å²) in [7, 11) is 0. The van der Waals surface area contributed by atoms with Crippen molar-refractivity contribution >= 4 is 34.4 Å². The second-order valence-corrected chi connectivity index (χ2v) is 5.50. The van der Waals surface area contributed by atoms with Crippen molar-refractivity contribution in [1.29, 1.82) is 0 Å². The zero-order chi connectivity index (χ0) is 16.4. The van der Waals surface area contributed by atoms with Gasteiger partial charge in [-0.2, -0.15) is 10.2 Å². The Morgan fingerprint density at radius 3 is 3.00 bits per heavy atom. The van der Waals surface area contributed by atoms with Crippen LogP contribution < -0.4 is 10.6 Å². The van der Waals surface area contributed by atoms with Crippen LogP contribution in [-0.2, 0) is 9.59 Å². The molecule has 0 aliphatic carbocycles. The van der Waals surface area contributed by atoms with Gasteiger partial charge in [0.2, 0.25) is 5.91 Å². The number of amidine groups is 1. The van der Waals surface area contributed by atoms with Crippen molar-refractivity contribution < 1.29 is 18.4 Å². The maximum Gasteiger partial charge on any atom is 0.258 e. The Hall–Kier alpha value is -2.62. The summed E-state index contributed by atoms with van der Waals surface area (Å²) < 4.78 is 26.2. The summed E-state index contributed by atoms with van der Waals surface area (Å²) in [6, 6.07) is 2.84. The number of fused-ring (bicyclic) bond motifs is 1. The van der Waals surface area contributed by atoms with Crippen molar-refractivity contribution in [3.8, 4) is 0 Å². The fourth-order valence-electron chi connectivity index (χ4n) is 1.86. The van der Waals surface area contributed by atoms with Crippen LogP contribution in [0, 0.1) is 11.6 Å². The molecule has 0 bridgehead atoms. The molecule has 3 rings (SSSR count). The molecule has 0 fully saturated rings. The van der Waals surface area contributed by atoms with Crippen LogP contribution in [0.2, 0.25) is 0 Å². The number of amides is 2. The van der Waals surface area contributed by atoms with Gasteiger partial charge in [0.15, 0.2) is 11.3 Å². The predicted molar refractivity (Wildman–Crippen MR) is 79.8 cm³/mol. The third-order valence-corrected chi connectivity index (χ3v) is 3.81. The Balaban J connectivity index is 1.58. The van der Waals surface area contributed by atoms with Crippen molar-refractivity contribution in [2.45, 2.75) is 6.17 Å². The van der Waals surface area contributed by atoms with Crippen LogP contribution in [0.25, 0.3) is 0 Å². The van der Waals surface area contributed by atoms with Crippen molar-refractivity contribution in [2.75, 3.05) is 11.1 Å². The summed E-state index contributed by atoms with van der Waals surface area (Å²) in [4.78, 5) is 27.6. The molecule has 1 unspecified atom stereocenters. The van der Waals surface area contributed by atoms with E-state index in [0.29, 0.717) is 11.6 Å². The monoisotopic (exact) mass is 337 g/mol. The first kappa shape index (κ1) is 15.3. The maximum atomic E-state index is 13.4. The van der Waals surface area contributed by atoms with Crippen LogP contribution in [0.5, 0.6) is 0 Å². The number of hydrogen-bond acceptors (Lipinski definition) is 6. The van der Waals surface area contributed by atoms with Crippen molar-refractivity contribution in [2.24, 2.45) is 15.2 Å². The van der Waals surface area contributed by atoms with Gasteiger partial charge in [-0.1, -0.05) is 11.8 Å². The molecule has 2 heterocycles. The molecular weight excluding hydrogens is 328 g/mol. The van der Waals surface area contributed by atoms with E-state index in [2.05, 4.69) is 25.9 Å². The number of benzene rings is 1. The number of nitrogens with one attached hydrogen (secondary N) is 2. The summed E-state index contributed by atoms with van der Waals surface area (Å²) in [6.45, 7) is 0. The number of halogens is 2. The fourth-order valence-corrected chi connectivity index (χ4v) is 2.54. The van der Waals surface area contributed by atoms with Gasteiger partial charge < -0.3 is 10.6 Å². The molecule has 2 aliphatic rings. The molecule has 2 amide bonds. The number of hydrogen-bond donors (Lipinski definition) is 2. The van der Waals surface area contributed by atoms with Crippen LogP contribution >= 0.6 is 11.8 Å². The summed E-state index contributed by atoms with van der Waals surface area (Å²) in [5, 5.41) is 12.4. The second-order valence-electron chi connectivity index (χ2n) is 4.54. The van der Waals surface area contributed by atoms with Gasteiger partial charge >= 0.3 is 0 Å². The van der Waals surface area contributed by atoms with E-state index >= 15 is 0 Å². The molecule has 0 radical (unpaired) electrons. The molecule has 0 saturated heterocycles. The largest absolute Gasteiger partial charge is 0.323 e. The highest BCUT2D eigenvalue weighted by Crippen LogP contribution is 2.22. The molecule has 10 heteroatoms. The van der Waals surface area contributed by atoms with Crippen molar-refractivity contribution in [3.05, 3.63) is 41.6 Å². The van der Waals surface area contributed by atoms with Gasteiger partial charge in [0, 0.05) is 6.07 Å². The molecule has 1 aromatic rings. The standard InChI is InChI=1S/C13H9F2N5O2S/c14-6-1-2-9(8(15)3-6)17-10(21)5-23-13-18-11-7(4-16-20-11)12(22)19-13/h1-4,11H,5H2,(H,17,21)(H,18,19,22). The average Bonchev–Trinajstić information content (AvgIpc) is 2.97. The summed E-state index contributed by atoms with van der Waals surface area (Å²) in [6.07, 6.45) is 0.651. The third-order valence-electron chi connectivity index (χ3n) is 2.92. The number of anilines is 1. The molecule has 118 valence electrons. The smallest absolute Gasteiger partial charge is 0.258 e. The van der Waals surface area contributed by atoms with Gasteiger partial charge in [-0.05, 0) is 12.1 Å². The lowest BCUT2D eigenvalue weighted by molar-refractivity contribution is -0.116. The van der Waals surface area contributed by atoms with E-state index in [9.17, 15) is 18.4 Å². The third kappa shape index (κ3) is 3.42. The lowest BCUT2D eigenvalue weighted by Gasteiger charge is -2.16. The lowest BCUT2D eigenvalue weighted by atomic mass is 10.2. The Morgan fingerprint density at radius 2 is 2.22 bits per heavy atom. The fraction of sp³-hybridized carbons (Fsp3) is 0.154. The van der Waals surface area contributed by atoms with Gasteiger partial charge in [-0.25, -0.2) is 13.8 Å². The van der Waals surface area contributed by atoms with Crippen LogP contribution in [0.3, 0.4) is 0 Å². The van der Waals surface area contributed by atoms with E-state index in [4.69, 9.17) is 0 Å². The highest BCUT2D eigenvalue weighted by atomic mass is 32.2. The molecule has 0 spiro atoms. The first-order chi connectivity index (χ1) is 11.0. The minimum absolute atomic E-state index is 0.112. The summed E-state index contributed by atoms with van der Waals surface area (Å²) in [5.41, 5.74) is 0.216. The van der Waals surface area contributed by atoms with E-state index in [1.54, 1.807) is 0 Å². The number of nitrogens with zero attached hydrogens (tertiary/aromatic N) is 3. The number of carbonyl (C=O) groups excluding carboxylic acids is 2. The lowest BCUT2D eigenvalue weighted by Crippen LogP contribution is -2.38. The first-order valence-corrected chi connectivity index (χ1v) is 7.38. The first-order valence-electron chi connectivity index (χ1n) is 6.40. The number of aliphatic imine (C=N–C) groups is 1. The van der Waals surface area contributed by atoms with Crippen molar-refractivity contribution in [1.82, 2.24) is 5.32 Å².